The molecule has 2 heterocycles. The number of allylic oxidation sites excluding steroid dienone is 2. The van der Waals surface area contributed by atoms with Crippen molar-refractivity contribution in [2.75, 3.05) is 0 Å². The first-order valence-electron chi connectivity index (χ1n) is 8.17. The number of para-hydroxylation sites is 1. The Hall–Kier alpha value is -2.72. The fraction of sp³-hybridized carbons (Fsp3) is 0.200. The average Bonchev–Trinajstić information content (AvgIpc) is 3.00. The molecule has 0 spiro atoms. The fourth-order valence-electron chi connectivity index (χ4n) is 2.35. The van der Waals surface area contributed by atoms with Crippen molar-refractivity contribution < 1.29 is 0 Å². The molecule has 0 saturated heterocycles. The maximum absolute atomic E-state index is 4.41. The molecular formula is C20H22N4. The Kier molecular flexibility index (Phi) is 5.18. The molecule has 3 aromatic rings. The molecule has 2 N–H and O–H groups in total. The van der Waals surface area contributed by atoms with Crippen molar-refractivity contribution in [1.29, 1.82) is 0 Å². The van der Waals surface area contributed by atoms with Crippen LogP contribution in [0.3, 0.4) is 0 Å². The van der Waals surface area contributed by atoms with Crippen LogP contribution in [0.25, 0.3) is 23.1 Å². The molecule has 0 radical (unpaired) electrons. The van der Waals surface area contributed by atoms with Crippen molar-refractivity contribution in [2.45, 2.75) is 26.4 Å². The molecule has 0 aliphatic rings. The van der Waals surface area contributed by atoms with Gasteiger partial charge in [-0.05, 0) is 29.7 Å². The Morgan fingerprint density at radius 3 is 2.67 bits per heavy atom. The standard InChI is InChI=1S/C20H22N4/c1-15(2)21-13-19-14-22-18(12-23-19)9-5-4-8-17-11-16-7-3-6-10-20(16)24-17/h3-12,14-15,21,24H,13H2,1-2H3/b8-4+,9-5+. The van der Waals surface area contributed by atoms with Gasteiger partial charge in [-0.2, -0.15) is 0 Å². The van der Waals surface area contributed by atoms with E-state index in [9.17, 15) is 0 Å². The highest BCUT2D eigenvalue weighted by molar-refractivity contribution is 5.82. The van der Waals surface area contributed by atoms with E-state index in [-0.39, 0.29) is 0 Å². The van der Waals surface area contributed by atoms with E-state index < -0.39 is 0 Å². The van der Waals surface area contributed by atoms with Gasteiger partial charge in [0.25, 0.3) is 0 Å². The van der Waals surface area contributed by atoms with Gasteiger partial charge < -0.3 is 10.3 Å². The van der Waals surface area contributed by atoms with E-state index in [1.807, 2.05) is 42.6 Å². The minimum atomic E-state index is 0.446. The smallest absolute Gasteiger partial charge is 0.0813 e. The molecule has 0 atom stereocenters. The molecule has 0 bridgehead atoms. The first kappa shape index (κ1) is 16.1. The Morgan fingerprint density at radius 2 is 1.92 bits per heavy atom. The van der Waals surface area contributed by atoms with E-state index in [1.165, 1.54) is 5.39 Å². The van der Waals surface area contributed by atoms with Crippen molar-refractivity contribution >= 4 is 23.1 Å². The van der Waals surface area contributed by atoms with Gasteiger partial charge in [0.1, 0.15) is 0 Å². The normalized spacial score (nSPS) is 12.1. The molecule has 0 aliphatic carbocycles. The highest BCUT2D eigenvalue weighted by Crippen LogP contribution is 2.15. The molecule has 0 amide bonds. The van der Waals surface area contributed by atoms with Crippen LogP contribution in [0.5, 0.6) is 0 Å². The maximum Gasteiger partial charge on any atom is 0.0813 e. The van der Waals surface area contributed by atoms with Gasteiger partial charge in [-0.1, -0.05) is 44.2 Å². The first-order valence-corrected chi connectivity index (χ1v) is 8.17. The van der Waals surface area contributed by atoms with Crippen LogP contribution in [0.15, 0.2) is 54.9 Å². The molecule has 0 aliphatic heterocycles. The van der Waals surface area contributed by atoms with E-state index in [1.54, 1.807) is 6.20 Å². The molecule has 4 heteroatoms. The molecule has 0 unspecified atom stereocenters. The van der Waals surface area contributed by atoms with Gasteiger partial charge in [0.05, 0.1) is 23.8 Å². The second-order valence-electron chi connectivity index (χ2n) is 6.00. The lowest BCUT2D eigenvalue weighted by molar-refractivity contribution is 0.580. The molecule has 24 heavy (non-hydrogen) atoms. The highest BCUT2D eigenvalue weighted by Gasteiger charge is 1.97. The van der Waals surface area contributed by atoms with Crippen molar-refractivity contribution in [3.63, 3.8) is 0 Å². The molecular weight excluding hydrogens is 296 g/mol. The second-order valence-corrected chi connectivity index (χ2v) is 6.00. The van der Waals surface area contributed by atoms with Crippen LogP contribution >= 0.6 is 0 Å². The van der Waals surface area contributed by atoms with Crippen LogP contribution in [-0.2, 0) is 6.54 Å². The zero-order valence-corrected chi connectivity index (χ0v) is 14.0. The summed E-state index contributed by atoms with van der Waals surface area (Å²) in [6, 6.07) is 10.8. The Balaban J connectivity index is 1.59. The molecule has 0 saturated carbocycles. The van der Waals surface area contributed by atoms with E-state index in [4.69, 9.17) is 0 Å². The van der Waals surface area contributed by atoms with Crippen molar-refractivity contribution in [3.05, 3.63) is 72.0 Å². The Labute approximate surface area is 142 Å². The number of rotatable bonds is 6. The van der Waals surface area contributed by atoms with Crippen LogP contribution in [0.2, 0.25) is 0 Å². The summed E-state index contributed by atoms with van der Waals surface area (Å²) in [7, 11) is 0. The Bertz CT molecular complexity index is 808. The summed E-state index contributed by atoms with van der Waals surface area (Å²) < 4.78 is 0. The van der Waals surface area contributed by atoms with Crippen LogP contribution in [-0.4, -0.2) is 21.0 Å². The number of hydrogen-bond acceptors (Lipinski definition) is 3. The predicted octanol–water partition coefficient (Wildman–Crippen LogP) is 4.18. The average molecular weight is 318 g/mol. The summed E-state index contributed by atoms with van der Waals surface area (Å²) in [6.45, 7) is 4.98. The maximum atomic E-state index is 4.41. The summed E-state index contributed by atoms with van der Waals surface area (Å²) in [6.07, 6.45) is 11.6. The van der Waals surface area contributed by atoms with E-state index in [0.29, 0.717) is 6.04 Å². The minimum Gasteiger partial charge on any atom is -0.355 e. The van der Waals surface area contributed by atoms with Crippen LogP contribution < -0.4 is 5.32 Å². The number of nitrogens with one attached hydrogen (secondary N) is 2. The third kappa shape index (κ3) is 4.40. The Morgan fingerprint density at radius 1 is 1.08 bits per heavy atom. The summed E-state index contributed by atoms with van der Waals surface area (Å²) in [5, 5.41) is 4.55. The lowest BCUT2D eigenvalue weighted by Gasteiger charge is -2.06. The lowest BCUT2D eigenvalue weighted by Crippen LogP contribution is -2.22. The van der Waals surface area contributed by atoms with Crippen molar-refractivity contribution in [1.82, 2.24) is 20.3 Å². The molecule has 4 nitrogen and oxygen atoms in total. The highest BCUT2D eigenvalue weighted by atomic mass is 14.9. The van der Waals surface area contributed by atoms with Crippen LogP contribution in [0, 0.1) is 0 Å². The second kappa shape index (κ2) is 7.70. The summed E-state index contributed by atoms with van der Waals surface area (Å²) in [5.41, 5.74) is 4.04. The molecule has 122 valence electrons. The van der Waals surface area contributed by atoms with E-state index in [0.717, 1.165) is 29.1 Å². The van der Waals surface area contributed by atoms with Gasteiger partial charge in [0, 0.05) is 23.8 Å². The SMILES string of the molecule is CC(C)NCc1cnc(/C=C/C=C/c2cc3ccccc3[nH]2)cn1. The molecule has 1 aromatic carbocycles. The topological polar surface area (TPSA) is 53.6 Å². The van der Waals surface area contributed by atoms with Gasteiger partial charge in [-0.25, -0.2) is 0 Å². The van der Waals surface area contributed by atoms with Gasteiger partial charge in [-0.3, -0.25) is 9.97 Å². The number of aromatic amines is 1. The number of fused-ring (bicyclic) bond motifs is 1. The van der Waals surface area contributed by atoms with Gasteiger partial charge >= 0.3 is 0 Å². The van der Waals surface area contributed by atoms with Crippen molar-refractivity contribution in [2.24, 2.45) is 0 Å². The van der Waals surface area contributed by atoms with E-state index in [2.05, 4.69) is 52.3 Å². The lowest BCUT2D eigenvalue weighted by atomic mass is 10.2. The third-order valence-electron chi connectivity index (χ3n) is 3.62. The molecule has 3 rings (SSSR count). The van der Waals surface area contributed by atoms with Crippen LogP contribution in [0.4, 0.5) is 0 Å². The van der Waals surface area contributed by atoms with Gasteiger partial charge in [0.2, 0.25) is 0 Å². The zero-order valence-electron chi connectivity index (χ0n) is 14.0. The summed E-state index contributed by atoms with van der Waals surface area (Å²) >= 11 is 0. The van der Waals surface area contributed by atoms with Gasteiger partial charge in [-0.15, -0.1) is 0 Å². The van der Waals surface area contributed by atoms with Crippen molar-refractivity contribution in [3.8, 4) is 0 Å². The fourth-order valence-corrected chi connectivity index (χ4v) is 2.35. The number of nitrogens with zero attached hydrogens (tertiary/aromatic N) is 2. The zero-order chi connectivity index (χ0) is 16.8. The first-order chi connectivity index (χ1) is 11.7. The monoisotopic (exact) mass is 318 g/mol. The largest absolute Gasteiger partial charge is 0.355 e. The summed E-state index contributed by atoms with van der Waals surface area (Å²) in [5.74, 6) is 0. The third-order valence-corrected chi connectivity index (χ3v) is 3.62. The molecule has 2 aromatic heterocycles. The van der Waals surface area contributed by atoms with Gasteiger partial charge in [0.15, 0.2) is 0 Å². The van der Waals surface area contributed by atoms with E-state index >= 15 is 0 Å². The van der Waals surface area contributed by atoms with Crippen LogP contribution in [0.1, 0.15) is 30.9 Å². The number of H-pyrrole nitrogens is 1. The number of aromatic nitrogens is 3. The minimum absolute atomic E-state index is 0.446. The quantitative estimate of drug-likeness (QED) is 0.670. The molecule has 0 fully saturated rings. The number of benzene rings is 1. The predicted molar refractivity (Wildman–Crippen MR) is 100 cm³/mol. The number of hydrogen-bond donors (Lipinski definition) is 2. The summed E-state index contributed by atoms with van der Waals surface area (Å²) in [4.78, 5) is 12.2.